The van der Waals surface area contributed by atoms with Crippen LogP contribution in [0.25, 0.3) is 17.5 Å². The van der Waals surface area contributed by atoms with Crippen LogP contribution in [0.5, 0.6) is 23.0 Å². The van der Waals surface area contributed by atoms with Crippen molar-refractivity contribution in [2.24, 2.45) is 5.73 Å². The predicted octanol–water partition coefficient (Wildman–Crippen LogP) is 0.979. The average Bonchev–Trinajstić information content (AvgIpc) is 3.25. The average molecular weight is 555 g/mol. The molecule has 0 amide bonds. The lowest BCUT2D eigenvalue weighted by atomic mass is 9.83. The van der Waals surface area contributed by atoms with E-state index in [1.807, 2.05) is 0 Å². The number of ether oxygens (including phenoxy) is 4. The number of carbonyl (C=O) groups is 2. The van der Waals surface area contributed by atoms with Crippen molar-refractivity contribution in [1.82, 2.24) is 4.57 Å². The van der Waals surface area contributed by atoms with Gasteiger partial charge >= 0.3 is 11.9 Å². The first kappa shape index (κ1) is 27.3. The molecule has 204 valence electrons. The fourth-order valence-corrected chi connectivity index (χ4v) is 5.47. The molecule has 11 nitrogen and oxygen atoms in total. The number of fused-ring (bicyclic) bond motifs is 1. The van der Waals surface area contributed by atoms with Crippen molar-refractivity contribution in [2.45, 2.75) is 12.8 Å². The van der Waals surface area contributed by atoms with E-state index in [9.17, 15) is 24.6 Å². The topological polar surface area (TPSA) is 160 Å². The molecule has 1 aliphatic rings. The molecule has 1 unspecified atom stereocenters. The zero-order valence-electron chi connectivity index (χ0n) is 21.5. The van der Waals surface area contributed by atoms with Gasteiger partial charge in [0.2, 0.25) is 0 Å². The largest absolute Gasteiger partial charge is 0.504 e. The van der Waals surface area contributed by atoms with Crippen LogP contribution >= 0.6 is 11.3 Å². The van der Waals surface area contributed by atoms with Gasteiger partial charge in [0.25, 0.3) is 5.56 Å². The van der Waals surface area contributed by atoms with Crippen LogP contribution in [0.15, 0.2) is 46.8 Å². The van der Waals surface area contributed by atoms with Crippen molar-refractivity contribution in [2.75, 3.05) is 27.9 Å². The van der Waals surface area contributed by atoms with E-state index in [0.29, 0.717) is 11.1 Å². The van der Waals surface area contributed by atoms with E-state index in [1.165, 1.54) is 38.5 Å². The number of benzene rings is 2. The summed E-state index contributed by atoms with van der Waals surface area (Å²) in [5.41, 5.74) is 6.61. The highest BCUT2D eigenvalue weighted by Crippen LogP contribution is 2.40. The van der Waals surface area contributed by atoms with E-state index in [4.69, 9.17) is 24.7 Å². The van der Waals surface area contributed by atoms with E-state index in [2.05, 4.69) is 0 Å². The smallest absolute Gasteiger partial charge is 0.338 e. The third-order valence-corrected chi connectivity index (χ3v) is 7.20. The van der Waals surface area contributed by atoms with Gasteiger partial charge in [-0.05, 0) is 48.4 Å². The Bertz CT molecular complexity index is 1680. The number of carbonyl (C=O) groups excluding carboxylic acids is 2. The van der Waals surface area contributed by atoms with Gasteiger partial charge < -0.3 is 34.9 Å². The predicted molar refractivity (Wildman–Crippen MR) is 143 cm³/mol. The van der Waals surface area contributed by atoms with Crippen LogP contribution in [-0.2, 0) is 19.1 Å². The van der Waals surface area contributed by atoms with Gasteiger partial charge in [0, 0.05) is 0 Å². The van der Waals surface area contributed by atoms with Crippen molar-refractivity contribution in [3.63, 3.8) is 0 Å². The number of hydrogen-bond acceptors (Lipinski definition) is 11. The summed E-state index contributed by atoms with van der Waals surface area (Å²) in [6.07, 6.45) is 1.55. The molecule has 0 spiro atoms. The van der Waals surface area contributed by atoms with Crippen LogP contribution in [0.2, 0.25) is 0 Å². The number of rotatable bonds is 7. The number of thiazole rings is 1. The second-order valence-corrected chi connectivity index (χ2v) is 9.31. The van der Waals surface area contributed by atoms with Crippen LogP contribution in [0, 0.1) is 0 Å². The van der Waals surface area contributed by atoms with Crippen LogP contribution in [-0.4, -0.2) is 54.7 Å². The number of methoxy groups -OCH3 is 3. The van der Waals surface area contributed by atoms with Gasteiger partial charge in [0.05, 0.1) is 49.5 Å². The summed E-state index contributed by atoms with van der Waals surface area (Å²) in [6.45, 7) is 1.66. The fraction of sp³-hybridized carbons (Fsp3) is 0.222. The van der Waals surface area contributed by atoms with Crippen molar-refractivity contribution < 1.29 is 38.7 Å². The van der Waals surface area contributed by atoms with E-state index in [1.54, 1.807) is 25.1 Å². The van der Waals surface area contributed by atoms with Crippen LogP contribution in [0.1, 0.15) is 24.0 Å². The van der Waals surface area contributed by atoms with Crippen molar-refractivity contribution in [1.29, 1.82) is 0 Å². The van der Waals surface area contributed by atoms with Crippen LogP contribution in [0.3, 0.4) is 0 Å². The first-order valence-corrected chi connectivity index (χ1v) is 12.5. The highest BCUT2D eigenvalue weighted by atomic mass is 32.1. The highest BCUT2D eigenvalue weighted by molar-refractivity contribution is 7.07. The summed E-state index contributed by atoms with van der Waals surface area (Å²) in [6, 6.07) is 8.88. The first-order valence-electron chi connectivity index (χ1n) is 11.6. The number of hydrogen-bond donors (Lipinski definition) is 3. The monoisotopic (exact) mass is 554 g/mol. The molecule has 2 aromatic carbocycles. The third-order valence-electron chi connectivity index (χ3n) is 6.09. The molecule has 1 aromatic heterocycles. The Morgan fingerprint density at radius 1 is 1.00 bits per heavy atom. The fourth-order valence-electron chi connectivity index (χ4n) is 4.31. The summed E-state index contributed by atoms with van der Waals surface area (Å²) < 4.78 is 22.2. The Balaban J connectivity index is 2.12. The van der Waals surface area contributed by atoms with Gasteiger partial charge in [-0.3, -0.25) is 9.36 Å². The number of aromatic nitrogens is 1. The van der Waals surface area contributed by atoms with Crippen LogP contribution < -0.4 is 30.0 Å². The van der Waals surface area contributed by atoms with Gasteiger partial charge in [-0.15, -0.1) is 11.3 Å². The molecule has 1 aliphatic heterocycles. The Morgan fingerprint density at radius 3 is 2.26 bits per heavy atom. The highest BCUT2D eigenvalue weighted by Gasteiger charge is 2.40. The normalized spacial score (nSPS) is 15.1. The van der Waals surface area contributed by atoms with Gasteiger partial charge in [0.1, 0.15) is 10.5 Å². The molecule has 4 N–H and O–H groups in total. The molecule has 0 fully saturated rings. The molecular formula is C27H26N2O9S. The maximum atomic E-state index is 13.6. The molecule has 0 bridgehead atoms. The zero-order chi connectivity index (χ0) is 28.4. The molecule has 0 saturated carbocycles. The molecule has 39 heavy (non-hydrogen) atoms. The van der Waals surface area contributed by atoms with Crippen molar-refractivity contribution in [3.8, 4) is 23.0 Å². The van der Waals surface area contributed by atoms with Gasteiger partial charge in [-0.1, -0.05) is 12.1 Å². The Hall–Kier alpha value is -4.71. The summed E-state index contributed by atoms with van der Waals surface area (Å²) in [4.78, 5) is 40.1. The van der Waals surface area contributed by atoms with E-state index in [0.717, 1.165) is 23.0 Å². The Labute approximate surface area is 226 Å². The number of phenols is 2. The number of nitrogens with zero attached hydrogens (tertiary/aromatic N) is 1. The maximum Gasteiger partial charge on any atom is 0.338 e. The lowest BCUT2D eigenvalue weighted by Gasteiger charge is -2.27. The number of nitrogens with two attached hydrogens (primary N) is 1. The minimum Gasteiger partial charge on any atom is -0.504 e. The second-order valence-electron chi connectivity index (χ2n) is 8.28. The third kappa shape index (κ3) is 4.81. The SMILES string of the molecule is CCOC(=O)C1=c2sc(=Cc3ccc(O)c(OC)c3)c(=O)n2C(N)=C(C(=O)OC)C1c1ccc(O)c(OC)c1. The van der Waals surface area contributed by atoms with E-state index >= 15 is 0 Å². The molecule has 4 rings (SSSR count). The van der Waals surface area contributed by atoms with Crippen LogP contribution in [0.4, 0.5) is 0 Å². The quantitative estimate of drug-likeness (QED) is 0.359. The molecule has 1 atom stereocenters. The lowest BCUT2D eigenvalue weighted by Crippen LogP contribution is -2.41. The minimum atomic E-state index is -1.11. The van der Waals surface area contributed by atoms with Gasteiger partial charge in [0.15, 0.2) is 23.0 Å². The molecule has 0 aliphatic carbocycles. The second kappa shape index (κ2) is 11.0. The molecular weight excluding hydrogens is 528 g/mol. The van der Waals surface area contributed by atoms with Gasteiger partial charge in [-0.2, -0.15) is 0 Å². The van der Waals surface area contributed by atoms with Crippen molar-refractivity contribution in [3.05, 3.63) is 72.6 Å². The first-order chi connectivity index (χ1) is 18.7. The minimum absolute atomic E-state index is 0.00997. The summed E-state index contributed by atoms with van der Waals surface area (Å²) in [5.74, 6) is -2.87. The summed E-state index contributed by atoms with van der Waals surface area (Å²) in [5, 5.41) is 20.1. The lowest BCUT2D eigenvalue weighted by molar-refractivity contribution is -0.136. The van der Waals surface area contributed by atoms with E-state index in [-0.39, 0.29) is 55.8 Å². The molecule has 0 radical (unpaired) electrons. The summed E-state index contributed by atoms with van der Waals surface area (Å²) >= 11 is 0.980. The maximum absolute atomic E-state index is 13.6. The number of esters is 2. The van der Waals surface area contributed by atoms with Crippen molar-refractivity contribution >= 4 is 40.7 Å². The zero-order valence-corrected chi connectivity index (χ0v) is 22.3. The Kier molecular flexibility index (Phi) is 7.68. The Morgan fingerprint density at radius 2 is 1.64 bits per heavy atom. The molecule has 0 saturated heterocycles. The number of phenolic OH excluding ortho intramolecular Hbond substituents is 2. The van der Waals surface area contributed by atoms with E-state index < -0.39 is 23.4 Å². The molecule has 2 heterocycles. The van der Waals surface area contributed by atoms with Gasteiger partial charge in [-0.25, -0.2) is 9.59 Å². The number of aromatic hydroxyl groups is 2. The standard InChI is InChI=1S/C27H26N2O9S/c1-5-38-27(34)22-20(14-7-9-16(31)18(12-14)36-3)21(26(33)37-4)23(28)29-24(32)19(39-25(22)29)11-13-6-8-15(30)17(10-13)35-2/h6-12,20,30-31H,5,28H2,1-4H3. The molecule has 12 heteroatoms. The summed E-state index contributed by atoms with van der Waals surface area (Å²) in [7, 11) is 3.92. The molecule has 3 aromatic rings.